The fourth-order valence-corrected chi connectivity index (χ4v) is 3.27. The third-order valence-corrected chi connectivity index (χ3v) is 4.74. The summed E-state index contributed by atoms with van der Waals surface area (Å²) >= 11 is 0. The maximum Gasteiger partial charge on any atom is 0.338 e. The van der Waals surface area contributed by atoms with Crippen molar-refractivity contribution in [1.29, 1.82) is 0 Å². The van der Waals surface area contributed by atoms with Crippen molar-refractivity contribution in [2.75, 3.05) is 6.61 Å². The van der Waals surface area contributed by atoms with Crippen LogP contribution in [0.5, 0.6) is 5.75 Å². The first-order chi connectivity index (χ1) is 14.4. The van der Waals surface area contributed by atoms with E-state index < -0.39 is 12.6 Å². The summed E-state index contributed by atoms with van der Waals surface area (Å²) in [6.07, 6.45) is 0. The Labute approximate surface area is 174 Å². The number of ether oxygens (including phenoxy) is 2. The molecule has 1 N–H and O–H groups in total. The van der Waals surface area contributed by atoms with Crippen LogP contribution in [0, 0.1) is 13.8 Å². The molecule has 0 saturated carbocycles. The molecule has 0 aliphatic heterocycles. The van der Waals surface area contributed by atoms with Crippen LogP contribution in [0.1, 0.15) is 54.9 Å². The highest BCUT2D eigenvalue weighted by molar-refractivity contribution is 6.04. The Morgan fingerprint density at radius 1 is 0.933 bits per heavy atom. The molecule has 154 valence electrons. The van der Waals surface area contributed by atoms with E-state index in [4.69, 9.17) is 9.47 Å². The molecule has 0 amide bonds. The quantitative estimate of drug-likeness (QED) is 0.442. The number of ketones is 2. The van der Waals surface area contributed by atoms with E-state index in [9.17, 15) is 14.4 Å². The van der Waals surface area contributed by atoms with Gasteiger partial charge < -0.3 is 14.5 Å². The van der Waals surface area contributed by atoms with Crippen LogP contribution in [-0.4, -0.2) is 29.1 Å². The van der Waals surface area contributed by atoms with Crippen molar-refractivity contribution in [3.05, 3.63) is 88.2 Å². The van der Waals surface area contributed by atoms with Crippen LogP contribution >= 0.6 is 0 Å². The van der Waals surface area contributed by atoms with Crippen LogP contribution < -0.4 is 4.74 Å². The van der Waals surface area contributed by atoms with Gasteiger partial charge in [0.25, 0.3) is 0 Å². The number of H-pyrrole nitrogens is 1. The fourth-order valence-electron chi connectivity index (χ4n) is 3.27. The van der Waals surface area contributed by atoms with Gasteiger partial charge in [0.1, 0.15) is 12.4 Å². The van der Waals surface area contributed by atoms with Crippen molar-refractivity contribution in [1.82, 2.24) is 4.98 Å². The van der Waals surface area contributed by atoms with Crippen LogP contribution in [0.25, 0.3) is 0 Å². The van der Waals surface area contributed by atoms with Gasteiger partial charge in [0, 0.05) is 11.3 Å². The number of benzene rings is 2. The lowest BCUT2D eigenvalue weighted by atomic mass is 10.1. The summed E-state index contributed by atoms with van der Waals surface area (Å²) in [6.45, 7) is 4.89. The molecule has 0 radical (unpaired) electrons. The number of esters is 1. The molecule has 3 aromatic rings. The molecule has 0 saturated heterocycles. The third kappa shape index (κ3) is 4.84. The Morgan fingerprint density at radius 2 is 1.60 bits per heavy atom. The zero-order chi connectivity index (χ0) is 21.7. The third-order valence-electron chi connectivity index (χ3n) is 4.74. The highest BCUT2D eigenvalue weighted by Gasteiger charge is 2.21. The number of hydrogen-bond donors (Lipinski definition) is 1. The standard InChI is InChI=1S/C24H23NO5/c1-15-22(17(3)26)16(2)25-23(15)21(27)14-30-24(28)19-9-11-20(12-10-19)29-13-18-7-5-4-6-8-18/h4-12,25H,13-14H2,1-3H3. The first kappa shape index (κ1) is 21.0. The van der Waals surface area contributed by atoms with Gasteiger partial charge in [-0.25, -0.2) is 4.79 Å². The van der Waals surface area contributed by atoms with Crippen molar-refractivity contribution in [3.63, 3.8) is 0 Å². The second kappa shape index (κ2) is 9.22. The predicted molar refractivity (Wildman–Crippen MR) is 112 cm³/mol. The minimum absolute atomic E-state index is 0.119. The Hall–Kier alpha value is -3.67. The van der Waals surface area contributed by atoms with Gasteiger partial charge in [-0.05, 0) is 56.2 Å². The van der Waals surface area contributed by atoms with E-state index in [-0.39, 0.29) is 17.3 Å². The number of carbonyl (C=O) groups excluding carboxylic acids is 3. The molecule has 0 aliphatic rings. The molecule has 30 heavy (non-hydrogen) atoms. The second-order valence-corrected chi connectivity index (χ2v) is 6.98. The number of aromatic amines is 1. The first-order valence-electron chi connectivity index (χ1n) is 9.54. The minimum Gasteiger partial charge on any atom is -0.489 e. The number of hydrogen-bond acceptors (Lipinski definition) is 5. The summed E-state index contributed by atoms with van der Waals surface area (Å²) in [5, 5.41) is 0. The molecule has 0 aliphatic carbocycles. The predicted octanol–water partition coefficient (Wildman–Crippen LogP) is 4.45. The molecule has 0 spiro atoms. The Bertz CT molecular complexity index is 1060. The maximum absolute atomic E-state index is 12.4. The van der Waals surface area contributed by atoms with Gasteiger partial charge in [-0.1, -0.05) is 30.3 Å². The molecule has 6 heteroatoms. The van der Waals surface area contributed by atoms with Gasteiger partial charge in [0.2, 0.25) is 5.78 Å². The average molecular weight is 405 g/mol. The highest BCUT2D eigenvalue weighted by Crippen LogP contribution is 2.19. The van der Waals surface area contributed by atoms with Gasteiger partial charge >= 0.3 is 5.97 Å². The molecular weight excluding hydrogens is 382 g/mol. The monoisotopic (exact) mass is 405 g/mol. The summed E-state index contributed by atoms with van der Waals surface area (Å²) < 4.78 is 10.8. The fraction of sp³-hybridized carbons (Fsp3) is 0.208. The number of aryl methyl sites for hydroxylation is 1. The molecule has 0 bridgehead atoms. The van der Waals surface area contributed by atoms with Crippen LogP contribution in [0.4, 0.5) is 0 Å². The number of Topliss-reactive ketones (excluding diaryl/α,β-unsaturated/α-hetero) is 2. The smallest absolute Gasteiger partial charge is 0.338 e. The van der Waals surface area contributed by atoms with Gasteiger partial charge in [0.05, 0.1) is 11.3 Å². The number of carbonyl (C=O) groups is 3. The lowest BCUT2D eigenvalue weighted by molar-refractivity contribution is 0.0473. The lowest BCUT2D eigenvalue weighted by Gasteiger charge is -2.08. The largest absolute Gasteiger partial charge is 0.489 e. The summed E-state index contributed by atoms with van der Waals surface area (Å²) in [5.41, 5.74) is 3.34. The molecule has 2 aromatic carbocycles. The van der Waals surface area contributed by atoms with Crippen LogP contribution in [-0.2, 0) is 11.3 Å². The Kier molecular flexibility index (Phi) is 6.47. The van der Waals surface area contributed by atoms with Gasteiger partial charge in [0.15, 0.2) is 12.4 Å². The van der Waals surface area contributed by atoms with Crippen molar-refractivity contribution < 1.29 is 23.9 Å². The highest BCUT2D eigenvalue weighted by atomic mass is 16.5. The minimum atomic E-state index is -0.606. The first-order valence-corrected chi connectivity index (χ1v) is 9.54. The Morgan fingerprint density at radius 3 is 2.20 bits per heavy atom. The van der Waals surface area contributed by atoms with Crippen molar-refractivity contribution in [3.8, 4) is 5.75 Å². The van der Waals surface area contributed by atoms with E-state index >= 15 is 0 Å². The zero-order valence-electron chi connectivity index (χ0n) is 17.2. The summed E-state index contributed by atoms with van der Waals surface area (Å²) in [4.78, 5) is 39.3. The summed E-state index contributed by atoms with van der Waals surface area (Å²) in [6, 6.07) is 16.3. The van der Waals surface area contributed by atoms with Crippen molar-refractivity contribution in [2.45, 2.75) is 27.4 Å². The molecule has 0 fully saturated rings. The van der Waals surface area contributed by atoms with Crippen molar-refractivity contribution >= 4 is 17.5 Å². The summed E-state index contributed by atoms with van der Waals surface area (Å²) in [7, 11) is 0. The van der Waals surface area contributed by atoms with Gasteiger partial charge in [-0.15, -0.1) is 0 Å². The van der Waals surface area contributed by atoms with E-state index in [0.29, 0.717) is 34.7 Å². The van der Waals surface area contributed by atoms with Gasteiger partial charge in [-0.2, -0.15) is 0 Å². The average Bonchev–Trinajstić information content (AvgIpc) is 3.05. The Balaban J connectivity index is 1.56. The number of aromatic nitrogens is 1. The van der Waals surface area contributed by atoms with E-state index in [1.807, 2.05) is 30.3 Å². The normalized spacial score (nSPS) is 10.5. The molecule has 1 aromatic heterocycles. The molecule has 1 heterocycles. The molecule has 6 nitrogen and oxygen atoms in total. The topological polar surface area (TPSA) is 85.5 Å². The second-order valence-electron chi connectivity index (χ2n) is 6.98. The molecule has 0 unspecified atom stereocenters. The van der Waals surface area contributed by atoms with E-state index in [2.05, 4.69) is 4.98 Å². The van der Waals surface area contributed by atoms with Gasteiger partial charge in [-0.3, -0.25) is 9.59 Å². The molecular formula is C24H23NO5. The van der Waals surface area contributed by atoms with E-state index in [1.54, 1.807) is 38.1 Å². The molecule has 0 atom stereocenters. The summed E-state index contributed by atoms with van der Waals surface area (Å²) in [5.74, 6) is -0.488. The maximum atomic E-state index is 12.4. The lowest BCUT2D eigenvalue weighted by Crippen LogP contribution is -2.15. The van der Waals surface area contributed by atoms with Crippen molar-refractivity contribution in [2.24, 2.45) is 0 Å². The number of rotatable bonds is 8. The van der Waals surface area contributed by atoms with Crippen LogP contribution in [0.15, 0.2) is 54.6 Å². The molecule has 3 rings (SSSR count). The zero-order valence-corrected chi connectivity index (χ0v) is 17.2. The van der Waals surface area contributed by atoms with Crippen LogP contribution in [0.2, 0.25) is 0 Å². The SMILES string of the molecule is CC(=O)c1c(C)[nH]c(C(=O)COC(=O)c2ccc(OCc3ccccc3)cc2)c1C. The van der Waals surface area contributed by atoms with Crippen LogP contribution in [0.3, 0.4) is 0 Å². The number of nitrogens with one attached hydrogen (secondary N) is 1. The van der Waals surface area contributed by atoms with E-state index in [1.165, 1.54) is 6.92 Å². The van der Waals surface area contributed by atoms with E-state index in [0.717, 1.165) is 5.56 Å².